The molecule has 0 amide bonds. The lowest BCUT2D eigenvalue weighted by atomic mass is 10.1. The lowest BCUT2D eigenvalue weighted by Crippen LogP contribution is -1.88. The summed E-state index contributed by atoms with van der Waals surface area (Å²) in [4.78, 5) is 4.00. The molecule has 0 saturated heterocycles. The molecule has 1 aromatic heterocycles. The average molecular weight is 147 g/mol. The smallest absolute Gasteiger partial charge is 0.119 e. The van der Waals surface area contributed by atoms with Crippen molar-refractivity contribution < 1.29 is 5.11 Å². The van der Waals surface area contributed by atoms with Crippen molar-refractivity contribution in [2.24, 2.45) is 0 Å². The minimum Gasteiger partial charge on any atom is -0.508 e. The van der Waals surface area contributed by atoms with Gasteiger partial charge < -0.3 is 5.11 Å². The van der Waals surface area contributed by atoms with Crippen molar-refractivity contribution in [2.75, 3.05) is 0 Å². The molecule has 2 heteroatoms. The number of hydrogen-bond acceptors (Lipinski definition) is 2. The highest BCUT2D eigenvalue weighted by atomic mass is 16.3. The van der Waals surface area contributed by atoms with Gasteiger partial charge in [-0.3, -0.25) is 4.98 Å². The predicted octanol–water partition coefficient (Wildman–Crippen LogP) is 2.10. The van der Waals surface area contributed by atoms with E-state index in [9.17, 15) is 5.11 Å². The standard InChI is InChI=1S/C9H9NO/c1-6-4-9(11)7-2-3-10-5-8(6)7/h2-6,11H,1H3/t6-/m0/s1. The van der Waals surface area contributed by atoms with Gasteiger partial charge in [0.25, 0.3) is 0 Å². The van der Waals surface area contributed by atoms with E-state index in [0.29, 0.717) is 11.7 Å². The molecule has 2 rings (SSSR count). The Balaban J connectivity index is 2.62. The summed E-state index contributed by atoms with van der Waals surface area (Å²) >= 11 is 0. The Morgan fingerprint density at radius 3 is 3.09 bits per heavy atom. The molecule has 11 heavy (non-hydrogen) atoms. The molecule has 0 bridgehead atoms. The summed E-state index contributed by atoms with van der Waals surface area (Å²) in [5.41, 5.74) is 2.04. The van der Waals surface area contributed by atoms with E-state index in [1.54, 1.807) is 12.4 Å². The number of allylic oxidation sites excluding steroid dienone is 1. The fourth-order valence-electron chi connectivity index (χ4n) is 1.42. The Bertz CT molecular complexity index is 317. The first-order valence-electron chi connectivity index (χ1n) is 3.64. The molecule has 1 N–H and O–H groups in total. The lowest BCUT2D eigenvalue weighted by Gasteiger charge is -2.00. The first-order valence-corrected chi connectivity index (χ1v) is 3.64. The molecule has 1 aromatic rings. The summed E-state index contributed by atoms with van der Waals surface area (Å²) in [6.45, 7) is 2.05. The number of nitrogens with zero attached hydrogens (tertiary/aromatic N) is 1. The second-order valence-corrected chi connectivity index (χ2v) is 2.80. The Labute approximate surface area is 65.2 Å². The average Bonchev–Trinajstić information content (AvgIpc) is 2.30. The van der Waals surface area contributed by atoms with Crippen LogP contribution in [0.1, 0.15) is 24.0 Å². The van der Waals surface area contributed by atoms with Gasteiger partial charge in [-0.15, -0.1) is 0 Å². The normalized spacial score (nSPS) is 21.2. The Hall–Kier alpha value is -1.31. The van der Waals surface area contributed by atoms with Crippen LogP contribution in [0.3, 0.4) is 0 Å². The third-order valence-corrected chi connectivity index (χ3v) is 2.03. The maximum atomic E-state index is 9.39. The van der Waals surface area contributed by atoms with Crippen LogP contribution in [0, 0.1) is 0 Å². The quantitative estimate of drug-likeness (QED) is 0.609. The van der Waals surface area contributed by atoms with Crippen LogP contribution in [0.4, 0.5) is 0 Å². The fourth-order valence-corrected chi connectivity index (χ4v) is 1.42. The van der Waals surface area contributed by atoms with Gasteiger partial charge in [0, 0.05) is 23.9 Å². The topological polar surface area (TPSA) is 33.1 Å². The van der Waals surface area contributed by atoms with Crippen molar-refractivity contribution in [1.82, 2.24) is 4.98 Å². The zero-order valence-corrected chi connectivity index (χ0v) is 6.28. The third-order valence-electron chi connectivity index (χ3n) is 2.03. The fraction of sp³-hybridized carbons (Fsp3) is 0.222. The number of hydrogen-bond donors (Lipinski definition) is 1. The predicted molar refractivity (Wildman–Crippen MR) is 43.3 cm³/mol. The maximum Gasteiger partial charge on any atom is 0.119 e. The molecule has 0 aromatic carbocycles. The lowest BCUT2D eigenvalue weighted by molar-refractivity contribution is 0.512. The van der Waals surface area contributed by atoms with Gasteiger partial charge in [-0.1, -0.05) is 6.92 Å². The largest absolute Gasteiger partial charge is 0.508 e. The molecule has 1 aliphatic rings. The molecule has 56 valence electrons. The van der Waals surface area contributed by atoms with E-state index in [2.05, 4.69) is 4.98 Å². The number of aromatic nitrogens is 1. The van der Waals surface area contributed by atoms with Crippen LogP contribution >= 0.6 is 0 Å². The molecule has 1 heterocycles. The van der Waals surface area contributed by atoms with Gasteiger partial charge in [0.15, 0.2) is 0 Å². The van der Waals surface area contributed by atoms with Gasteiger partial charge in [0.1, 0.15) is 5.76 Å². The minimum absolute atomic E-state index is 0.304. The van der Waals surface area contributed by atoms with E-state index in [-0.39, 0.29) is 0 Å². The molecule has 0 radical (unpaired) electrons. The summed E-state index contributed by atoms with van der Waals surface area (Å²) in [6, 6.07) is 1.84. The highest BCUT2D eigenvalue weighted by molar-refractivity contribution is 5.68. The summed E-state index contributed by atoms with van der Waals surface area (Å²) in [6.07, 6.45) is 5.34. The molecular formula is C9H9NO. The maximum absolute atomic E-state index is 9.39. The zero-order chi connectivity index (χ0) is 7.84. The van der Waals surface area contributed by atoms with E-state index in [0.717, 1.165) is 11.1 Å². The van der Waals surface area contributed by atoms with E-state index >= 15 is 0 Å². The SMILES string of the molecule is C[C@H]1C=C(O)c2ccncc21. The van der Waals surface area contributed by atoms with Crippen LogP contribution in [0.15, 0.2) is 24.5 Å². The summed E-state index contributed by atoms with van der Waals surface area (Å²) in [5.74, 6) is 0.689. The second-order valence-electron chi connectivity index (χ2n) is 2.80. The first kappa shape index (κ1) is 6.40. The minimum atomic E-state index is 0.304. The van der Waals surface area contributed by atoms with E-state index < -0.39 is 0 Å². The van der Waals surface area contributed by atoms with Gasteiger partial charge in [-0.05, 0) is 17.7 Å². The molecule has 0 fully saturated rings. The number of fused-ring (bicyclic) bond motifs is 1. The summed E-state index contributed by atoms with van der Waals surface area (Å²) < 4.78 is 0. The third kappa shape index (κ3) is 0.827. The Morgan fingerprint density at radius 1 is 1.55 bits per heavy atom. The number of aliphatic hydroxyl groups excluding tert-OH is 1. The molecule has 0 saturated carbocycles. The van der Waals surface area contributed by atoms with Crippen molar-refractivity contribution in [3.8, 4) is 0 Å². The van der Waals surface area contributed by atoms with Gasteiger partial charge in [-0.2, -0.15) is 0 Å². The van der Waals surface area contributed by atoms with Crippen molar-refractivity contribution in [2.45, 2.75) is 12.8 Å². The highest BCUT2D eigenvalue weighted by Crippen LogP contribution is 2.32. The van der Waals surface area contributed by atoms with Gasteiger partial charge in [0.2, 0.25) is 0 Å². The Morgan fingerprint density at radius 2 is 2.36 bits per heavy atom. The number of pyridine rings is 1. The van der Waals surface area contributed by atoms with E-state index in [1.165, 1.54) is 0 Å². The van der Waals surface area contributed by atoms with Crippen LogP contribution in [0.2, 0.25) is 0 Å². The molecule has 0 spiro atoms. The highest BCUT2D eigenvalue weighted by Gasteiger charge is 2.18. The van der Waals surface area contributed by atoms with Gasteiger partial charge in [0.05, 0.1) is 0 Å². The molecular weight excluding hydrogens is 138 g/mol. The number of rotatable bonds is 0. The summed E-state index contributed by atoms with van der Waals surface area (Å²) in [5, 5.41) is 9.39. The monoisotopic (exact) mass is 147 g/mol. The van der Waals surface area contributed by atoms with Crippen molar-refractivity contribution >= 4 is 5.76 Å². The van der Waals surface area contributed by atoms with Crippen LogP contribution in [-0.2, 0) is 0 Å². The molecule has 1 aliphatic carbocycles. The zero-order valence-electron chi connectivity index (χ0n) is 6.28. The first-order chi connectivity index (χ1) is 5.29. The molecule has 1 atom stereocenters. The van der Waals surface area contributed by atoms with E-state index in [1.807, 2.05) is 19.1 Å². The summed E-state index contributed by atoms with van der Waals surface area (Å²) in [7, 11) is 0. The van der Waals surface area contributed by atoms with Crippen molar-refractivity contribution in [3.05, 3.63) is 35.7 Å². The molecule has 2 nitrogen and oxygen atoms in total. The van der Waals surface area contributed by atoms with E-state index in [4.69, 9.17) is 0 Å². The van der Waals surface area contributed by atoms with Crippen LogP contribution in [-0.4, -0.2) is 10.1 Å². The van der Waals surface area contributed by atoms with Gasteiger partial charge >= 0.3 is 0 Å². The Kier molecular flexibility index (Phi) is 1.22. The number of aliphatic hydroxyl groups is 1. The van der Waals surface area contributed by atoms with Crippen LogP contribution in [0.5, 0.6) is 0 Å². The molecule has 0 unspecified atom stereocenters. The second kappa shape index (κ2) is 2.09. The molecule has 0 aliphatic heterocycles. The van der Waals surface area contributed by atoms with Crippen molar-refractivity contribution in [3.63, 3.8) is 0 Å². The van der Waals surface area contributed by atoms with Crippen LogP contribution in [0.25, 0.3) is 5.76 Å². The van der Waals surface area contributed by atoms with Crippen LogP contribution < -0.4 is 0 Å². The van der Waals surface area contributed by atoms with Crippen molar-refractivity contribution in [1.29, 1.82) is 0 Å². The van der Waals surface area contributed by atoms with Gasteiger partial charge in [-0.25, -0.2) is 0 Å².